The van der Waals surface area contributed by atoms with Crippen LogP contribution in [0.1, 0.15) is 11.5 Å². The van der Waals surface area contributed by atoms with E-state index < -0.39 is 0 Å². The molecule has 0 radical (unpaired) electrons. The van der Waals surface area contributed by atoms with E-state index in [4.69, 9.17) is 16.0 Å². The number of fused-ring (bicyclic) bond motifs is 4. The second-order valence-corrected chi connectivity index (χ2v) is 9.37. The Morgan fingerprint density at radius 2 is 1.84 bits per heavy atom. The van der Waals surface area contributed by atoms with Crippen molar-refractivity contribution in [1.82, 2.24) is 19.3 Å². The highest BCUT2D eigenvalue weighted by Crippen LogP contribution is 2.27. The number of aryl methyl sites for hydroxylation is 1. The van der Waals surface area contributed by atoms with Gasteiger partial charge in [0.2, 0.25) is 5.91 Å². The molecule has 8 nitrogen and oxygen atoms in total. The maximum absolute atomic E-state index is 13.6. The van der Waals surface area contributed by atoms with Crippen LogP contribution in [-0.4, -0.2) is 32.3 Å². The van der Waals surface area contributed by atoms with Crippen molar-refractivity contribution in [3.8, 4) is 0 Å². The molecule has 0 aliphatic carbocycles. The quantitative estimate of drug-likeness (QED) is 0.319. The van der Waals surface area contributed by atoms with Gasteiger partial charge < -0.3 is 13.9 Å². The predicted octanol–water partition coefficient (Wildman–Crippen LogP) is 5.17. The van der Waals surface area contributed by atoms with Crippen molar-refractivity contribution in [3.05, 3.63) is 99.8 Å². The fraction of sp³-hybridized carbons (Fsp3) is 0.143. The number of nitrogens with zero attached hydrogens (tertiary/aromatic N) is 5. The molecule has 0 aliphatic rings. The van der Waals surface area contributed by atoms with E-state index in [1.807, 2.05) is 48.5 Å². The second kappa shape index (κ2) is 8.90. The van der Waals surface area contributed by atoms with Gasteiger partial charge in [0.1, 0.15) is 12.1 Å². The maximum atomic E-state index is 13.6. The molecule has 9 heteroatoms. The largest absolute Gasteiger partial charge is 0.441 e. The standard InChI is InChI=1S/C28H22ClN5O3/c1-17-31-22-12-11-20(13-25(22)37-17)32(2)26(35)16-34-28(36)27-21-5-3-4-6-23(21)33(24(27)14-30-34)15-18-7-9-19(29)10-8-18/h3-14H,15-16H2,1-2H3. The summed E-state index contributed by atoms with van der Waals surface area (Å²) in [5, 5.41) is 6.40. The van der Waals surface area contributed by atoms with E-state index in [1.54, 1.807) is 38.4 Å². The lowest BCUT2D eigenvalue weighted by molar-refractivity contribution is -0.119. The third-order valence-electron chi connectivity index (χ3n) is 6.56. The fourth-order valence-electron chi connectivity index (χ4n) is 4.66. The Morgan fingerprint density at radius 1 is 1.05 bits per heavy atom. The highest BCUT2D eigenvalue weighted by Gasteiger charge is 2.19. The highest BCUT2D eigenvalue weighted by atomic mass is 35.5. The van der Waals surface area contributed by atoms with E-state index in [0.29, 0.717) is 39.6 Å². The third kappa shape index (κ3) is 4.05. The molecule has 6 rings (SSSR count). The first-order valence-corrected chi connectivity index (χ1v) is 12.1. The molecule has 3 heterocycles. The van der Waals surface area contributed by atoms with Gasteiger partial charge in [-0.15, -0.1) is 0 Å². The van der Waals surface area contributed by atoms with Crippen molar-refractivity contribution in [3.63, 3.8) is 0 Å². The van der Waals surface area contributed by atoms with Crippen LogP contribution < -0.4 is 10.5 Å². The van der Waals surface area contributed by atoms with E-state index in [9.17, 15) is 9.59 Å². The van der Waals surface area contributed by atoms with Crippen molar-refractivity contribution in [2.75, 3.05) is 11.9 Å². The molecule has 0 fully saturated rings. The topological polar surface area (TPSA) is 86.2 Å². The summed E-state index contributed by atoms with van der Waals surface area (Å²) < 4.78 is 8.87. The lowest BCUT2D eigenvalue weighted by Gasteiger charge is -2.17. The average molecular weight is 512 g/mol. The minimum atomic E-state index is -0.313. The van der Waals surface area contributed by atoms with E-state index in [-0.39, 0.29) is 18.0 Å². The van der Waals surface area contributed by atoms with Crippen molar-refractivity contribution in [1.29, 1.82) is 0 Å². The summed E-state index contributed by atoms with van der Waals surface area (Å²) in [6, 6.07) is 20.7. The number of halogens is 1. The summed E-state index contributed by atoms with van der Waals surface area (Å²) in [5.74, 6) is 0.273. The van der Waals surface area contributed by atoms with Crippen molar-refractivity contribution in [2.24, 2.45) is 0 Å². The molecule has 37 heavy (non-hydrogen) atoms. The molecule has 0 bridgehead atoms. The van der Waals surface area contributed by atoms with Gasteiger partial charge in [-0.1, -0.05) is 41.9 Å². The Balaban J connectivity index is 1.36. The smallest absolute Gasteiger partial charge is 0.277 e. The molecule has 6 aromatic rings. The number of aromatic nitrogens is 4. The minimum absolute atomic E-state index is 0.199. The van der Waals surface area contributed by atoms with E-state index >= 15 is 0 Å². The zero-order valence-corrected chi connectivity index (χ0v) is 20.9. The van der Waals surface area contributed by atoms with Crippen LogP contribution in [0.25, 0.3) is 32.9 Å². The summed E-state index contributed by atoms with van der Waals surface area (Å²) in [6.45, 7) is 2.13. The van der Waals surface area contributed by atoms with Gasteiger partial charge in [0.05, 0.1) is 17.1 Å². The molecule has 0 aliphatic heterocycles. The maximum Gasteiger partial charge on any atom is 0.277 e. The van der Waals surface area contributed by atoms with Gasteiger partial charge >= 0.3 is 0 Å². The Morgan fingerprint density at radius 3 is 2.65 bits per heavy atom. The molecule has 0 spiro atoms. The number of hydrogen-bond acceptors (Lipinski definition) is 5. The lowest BCUT2D eigenvalue weighted by Crippen LogP contribution is -2.35. The molecule has 0 saturated carbocycles. The van der Waals surface area contributed by atoms with E-state index in [0.717, 1.165) is 22.0 Å². The number of oxazole rings is 1. The van der Waals surface area contributed by atoms with Crippen LogP contribution in [0.5, 0.6) is 0 Å². The van der Waals surface area contributed by atoms with Crippen LogP contribution in [0.15, 0.2) is 82.1 Å². The minimum Gasteiger partial charge on any atom is -0.441 e. The zero-order valence-electron chi connectivity index (χ0n) is 20.2. The van der Waals surface area contributed by atoms with Crippen molar-refractivity contribution in [2.45, 2.75) is 20.0 Å². The van der Waals surface area contributed by atoms with Crippen LogP contribution in [-0.2, 0) is 17.9 Å². The number of benzene rings is 3. The molecule has 184 valence electrons. The Kier molecular flexibility index (Phi) is 5.53. The summed E-state index contributed by atoms with van der Waals surface area (Å²) in [6.07, 6.45) is 1.66. The highest BCUT2D eigenvalue weighted by molar-refractivity contribution is 6.30. The number of amides is 1. The number of carbonyl (C=O) groups excluding carboxylic acids is 1. The SMILES string of the molecule is Cc1nc2ccc(N(C)C(=O)Cn3ncc4c(c3=O)c3ccccc3n4Cc3ccc(Cl)cc3)cc2o1. The second-order valence-electron chi connectivity index (χ2n) is 8.94. The molecule has 0 atom stereocenters. The summed E-state index contributed by atoms with van der Waals surface area (Å²) in [7, 11) is 1.66. The molecule has 0 N–H and O–H groups in total. The van der Waals surface area contributed by atoms with Gasteiger partial charge in [-0.05, 0) is 35.9 Å². The molecule has 0 unspecified atom stereocenters. The number of anilines is 1. The fourth-order valence-corrected chi connectivity index (χ4v) is 4.78. The molecule has 1 amide bonds. The van der Waals surface area contributed by atoms with E-state index in [1.165, 1.54) is 9.58 Å². The summed E-state index contributed by atoms with van der Waals surface area (Å²) in [4.78, 5) is 32.5. The van der Waals surface area contributed by atoms with Gasteiger partial charge in [0.15, 0.2) is 11.5 Å². The monoisotopic (exact) mass is 511 g/mol. The molecule has 3 aromatic carbocycles. The van der Waals surface area contributed by atoms with Crippen LogP contribution in [0.2, 0.25) is 5.02 Å². The van der Waals surface area contributed by atoms with E-state index in [2.05, 4.69) is 14.6 Å². The molecule has 3 aromatic heterocycles. The number of rotatable bonds is 5. The summed E-state index contributed by atoms with van der Waals surface area (Å²) in [5.41, 5.74) is 4.33. The van der Waals surface area contributed by atoms with Crippen LogP contribution in [0, 0.1) is 6.92 Å². The first-order chi connectivity index (χ1) is 17.9. The number of para-hydroxylation sites is 1. The predicted molar refractivity (Wildman–Crippen MR) is 144 cm³/mol. The van der Waals surface area contributed by atoms with Gasteiger partial charge in [0.25, 0.3) is 5.56 Å². The van der Waals surface area contributed by atoms with Crippen molar-refractivity contribution >= 4 is 56.1 Å². The third-order valence-corrected chi connectivity index (χ3v) is 6.81. The number of carbonyl (C=O) groups is 1. The van der Waals surface area contributed by atoms with Gasteiger partial charge in [-0.25, -0.2) is 9.67 Å². The molecular formula is C28H22ClN5O3. The Labute approximate surface area is 216 Å². The lowest BCUT2D eigenvalue weighted by atomic mass is 10.2. The zero-order chi connectivity index (χ0) is 25.7. The number of hydrogen-bond donors (Lipinski definition) is 0. The van der Waals surface area contributed by atoms with Crippen molar-refractivity contribution < 1.29 is 9.21 Å². The van der Waals surface area contributed by atoms with Gasteiger partial charge in [-0.2, -0.15) is 5.10 Å². The first-order valence-electron chi connectivity index (χ1n) is 11.7. The first kappa shape index (κ1) is 23.0. The average Bonchev–Trinajstić information content (AvgIpc) is 3.43. The molecule has 0 saturated heterocycles. The van der Waals surface area contributed by atoms with Crippen LogP contribution in [0.4, 0.5) is 5.69 Å². The van der Waals surface area contributed by atoms with Gasteiger partial charge in [0, 0.05) is 48.2 Å². The summed E-state index contributed by atoms with van der Waals surface area (Å²) >= 11 is 6.05. The van der Waals surface area contributed by atoms with Gasteiger partial charge in [-0.3, -0.25) is 9.59 Å². The Bertz CT molecular complexity index is 1870. The van der Waals surface area contributed by atoms with Crippen LogP contribution in [0.3, 0.4) is 0 Å². The van der Waals surface area contributed by atoms with Crippen LogP contribution >= 0.6 is 11.6 Å². The Hall–Kier alpha value is -4.43. The normalized spacial score (nSPS) is 11.5. The number of likely N-dealkylation sites (N-methyl/N-ethyl adjacent to an activating group) is 1. The molecular weight excluding hydrogens is 490 g/mol.